The molecule has 1 saturated carbocycles. The summed E-state index contributed by atoms with van der Waals surface area (Å²) in [6.45, 7) is 1.43. The van der Waals surface area contributed by atoms with Crippen molar-refractivity contribution in [3.8, 4) is 5.88 Å². The molecule has 0 aliphatic heterocycles. The average Bonchev–Trinajstić information content (AvgIpc) is 3.21. The maximum Gasteiger partial charge on any atom is 0.213 e. The van der Waals surface area contributed by atoms with Gasteiger partial charge in [0.15, 0.2) is 5.96 Å². The number of guanidine groups is 1. The van der Waals surface area contributed by atoms with Crippen molar-refractivity contribution in [2.45, 2.75) is 19.4 Å². The minimum Gasteiger partial charge on any atom is -0.477 e. The van der Waals surface area contributed by atoms with Crippen molar-refractivity contribution in [2.24, 2.45) is 10.9 Å². The first-order chi connectivity index (χ1) is 9.56. The quantitative estimate of drug-likeness (QED) is 0.608. The van der Waals surface area contributed by atoms with Crippen LogP contribution < -0.4 is 4.74 Å². The van der Waals surface area contributed by atoms with Crippen molar-refractivity contribution in [2.75, 3.05) is 34.8 Å². The van der Waals surface area contributed by atoms with Gasteiger partial charge in [-0.2, -0.15) is 0 Å². The molecule has 1 aliphatic rings. The Balaban J connectivity index is 1.90. The number of aliphatic imine (C=N–C) groups is 1. The van der Waals surface area contributed by atoms with E-state index in [1.165, 1.54) is 12.8 Å². The lowest BCUT2D eigenvalue weighted by molar-refractivity contribution is 0.288. The summed E-state index contributed by atoms with van der Waals surface area (Å²) < 4.78 is 5.62. The van der Waals surface area contributed by atoms with Gasteiger partial charge in [0.1, 0.15) is 0 Å². The summed E-state index contributed by atoms with van der Waals surface area (Å²) in [6.07, 6.45) is 4.43. The minimum atomic E-state index is 0.627. The molecule has 1 fully saturated rings. The molecule has 0 spiro atoms. The van der Waals surface area contributed by atoms with E-state index in [-0.39, 0.29) is 0 Å². The molecular weight excluding hydrogens is 252 g/mol. The molecule has 5 heteroatoms. The Labute approximate surface area is 121 Å². The smallest absolute Gasteiger partial charge is 0.213 e. The van der Waals surface area contributed by atoms with Gasteiger partial charge in [0.25, 0.3) is 0 Å². The van der Waals surface area contributed by atoms with E-state index in [9.17, 15) is 0 Å². The van der Waals surface area contributed by atoms with Crippen LogP contribution in [0.2, 0.25) is 0 Å². The van der Waals surface area contributed by atoms with E-state index in [0.29, 0.717) is 12.4 Å². The highest BCUT2D eigenvalue weighted by molar-refractivity contribution is 5.79. The molecule has 0 N–H and O–H groups in total. The minimum absolute atomic E-state index is 0.627. The fourth-order valence-corrected chi connectivity index (χ4v) is 1.92. The molecular formula is C15H24N4O. The second kappa shape index (κ2) is 6.59. The third-order valence-corrected chi connectivity index (χ3v) is 3.16. The van der Waals surface area contributed by atoms with Crippen molar-refractivity contribution in [3.63, 3.8) is 0 Å². The van der Waals surface area contributed by atoms with Crippen molar-refractivity contribution >= 4 is 5.96 Å². The van der Waals surface area contributed by atoms with E-state index in [1.807, 2.05) is 56.3 Å². The molecule has 5 nitrogen and oxygen atoms in total. The Kier molecular flexibility index (Phi) is 4.82. The largest absolute Gasteiger partial charge is 0.477 e. The van der Waals surface area contributed by atoms with Crippen LogP contribution in [0.15, 0.2) is 23.3 Å². The molecule has 0 saturated heterocycles. The van der Waals surface area contributed by atoms with Gasteiger partial charge in [-0.1, -0.05) is 6.07 Å². The van der Waals surface area contributed by atoms with E-state index in [2.05, 4.69) is 9.98 Å². The molecule has 1 aromatic heterocycles. The zero-order valence-electron chi connectivity index (χ0n) is 12.8. The van der Waals surface area contributed by atoms with Crippen LogP contribution in [0.1, 0.15) is 18.4 Å². The summed E-state index contributed by atoms with van der Waals surface area (Å²) in [6, 6.07) is 3.96. The van der Waals surface area contributed by atoms with Gasteiger partial charge < -0.3 is 14.5 Å². The van der Waals surface area contributed by atoms with Crippen LogP contribution in [0.5, 0.6) is 5.88 Å². The number of pyridine rings is 1. The highest BCUT2D eigenvalue weighted by Crippen LogP contribution is 2.29. The number of aromatic nitrogens is 1. The average molecular weight is 276 g/mol. The highest BCUT2D eigenvalue weighted by atomic mass is 16.5. The molecule has 0 unspecified atom stereocenters. The second-order valence-electron chi connectivity index (χ2n) is 5.66. The lowest BCUT2D eigenvalue weighted by Gasteiger charge is -2.22. The normalized spacial score (nSPS) is 13.8. The van der Waals surface area contributed by atoms with Gasteiger partial charge in [-0.15, -0.1) is 0 Å². The third-order valence-electron chi connectivity index (χ3n) is 3.16. The number of hydrogen-bond donors (Lipinski definition) is 0. The molecule has 1 aromatic rings. The number of ether oxygens (including phenoxy) is 1. The zero-order valence-corrected chi connectivity index (χ0v) is 12.8. The van der Waals surface area contributed by atoms with Gasteiger partial charge in [0.05, 0.1) is 13.2 Å². The van der Waals surface area contributed by atoms with Gasteiger partial charge in [0, 0.05) is 40.5 Å². The van der Waals surface area contributed by atoms with Crippen LogP contribution in [0.4, 0.5) is 0 Å². The lowest BCUT2D eigenvalue weighted by atomic mass is 10.3. The second-order valence-corrected chi connectivity index (χ2v) is 5.66. The van der Waals surface area contributed by atoms with Crippen molar-refractivity contribution < 1.29 is 4.74 Å². The molecule has 0 radical (unpaired) electrons. The van der Waals surface area contributed by atoms with E-state index in [1.54, 1.807) is 0 Å². The monoisotopic (exact) mass is 276 g/mol. The maximum atomic E-state index is 5.62. The predicted molar refractivity (Wildman–Crippen MR) is 81.0 cm³/mol. The van der Waals surface area contributed by atoms with Gasteiger partial charge >= 0.3 is 0 Å². The molecule has 110 valence electrons. The first kappa shape index (κ1) is 14.6. The first-order valence-corrected chi connectivity index (χ1v) is 7.03. The standard InChI is InChI=1S/C15H24N4O/c1-18(2)15(19(3)4)17-10-13-7-8-14(16-9-13)20-11-12-5-6-12/h7-9,12H,5-6,10-11H2,1-4H3. The van der Waals surface area contributed by atoms with Crippen molar-refractivity contribution in [1.29, 1.82) is 0 Å². The Morgan fingerprint density at radius 1 is 1.25 bits per heavy atom. The zero-order chi connectivity index (χ0) is 14.5. The maximum absolute atomic E-state index is 5.62. The highest BCUT2D eigenvalue weighted by Gasteiger charge is 2.21. The first-order valence-electron chi connectivity index (χ1n) is 7.03. The van der Waals surface area contributed by atoms with Crippen LogP contribution in [0.3, 0.4) is 0 Å². The van der Waals surface area contributed by atoms with E-state index in [4.69, 9.17) is 4.74 Å². The molecule has 0 aromatic carbocycles. The van der Waals surface area contributed by atoms with Crippen molar-refractivity contribution in [1.82, 2.24) is 14.8 Å². The summed E-state index contributed by atoms with van der Waals surface area (Å²) in [5, 5.41) is 0. The fraction of sp³-hybridized carbons (Fsp3) is 0.600. The molecule has 0 bridgehead atoms. The van der Waals surface area contributed by atoms with Crippen LogP contribution in [-0.4, -0.2) is 55.5 Å². The summed E-state index contributed by atoms with van der Waals surface area (Å²) >= 11 is 0. The van der Waals surface area contributed by atoms with Crippen molar-refractivity contribution in [3.05, 3.63) is 23.9 Å². The topological polar surface area (TPSA) is 41.0 Å². The fourth-order valence-electron chi connectivity index (χ4n) is 1.92. The molecule has 2 rings (SSSR count). The number of rotatable bonds is 5. The number of nitrogens with zero attached hydrogens (tertiary/aromatic N) is 4. The lowest BCUT2D eigenvalue weighted by Crippen LogP contribution is -2.35. The Morgan fingerprint density at radius 2 is 1.95 bits per heavy atom. The Hall–Kier alpha value is -1.78. The molecule has 0 atom stereocenters. The van der Waals surface area contributed by atoms with Gasteiger partial charge in [-0.05, 0) is 24.3 Å². The van der Waals surface area contributed by atoms with E-state index in [0.717, 1.165) is 24.0 Å². The van der Waals surface area contributed by atoms with Crippen LogP contribution in [0, 0.1) is 5.92 Å². The molecule has 20 heavy (non-hydrogen) atoms. The SMILES string of the molecule is CN(C)C(=NCc1ccc(OCC2CC2)nc1)N(C)C. The van der Waals surface area contributed by atoms with Gasteiger partial charge in [-0.3, -0.25) is 0 Å². The van der Waals surface area contributed by atoms with Gasteiger partial charge in [0.2, 0.25) is 5.88 Å². The Morgan fingerprint density at radius 3 is 2.45 bits per heavy atom. The summed E-state index contributed by atoms with van der Waals surface area (Å²) in [5.74, 6) is 2.41. The third kappa shape index (κ3) is 4.40. The number of hydrogen-bond acceptors (Lipinski definition) is 3. The van der Waals surface area contributed by atoms with Crippen LogP contribution in [-0.2, 0) is 6.54 Å². The summed E-state index contributed by atoms with van der Waals surface area (Å²) in [5.41, 5.74) is 1.09. The molecule has 0 amide bonds. The molecule has 1 aliphatic carbocycles. The summed E-state index contributed by atoms with van der Waals surface area (Å²) in [4.78, 5) is 12.9. The Bertz CT molecular complexity index is 439. The van der Waals surface area contributed by atoms with E-state index >= 15 is 0 Å². The van der Waals surface area contributed by atoms with E-state index < -0.39 is 0 Å². The van der Waals surface area contributed by atoms with Crippen LogP contribution in [0.25, 0.3) is 0 Å². The van der Waals surface area contributed by atoms with Crippen LogP contribution >= 0.6 is 0 Å². The predicted octanol–water partition coefficient (Wildman–Crippen LogP) is 1.85. The van der Waals surface area contributed by atoms with Gasteiger partial charge in [-0.25, -0.2) is 9.98 Å². The molecule has 1 heterocycles. The summed E-state index contributed by atoms with van der Waals surface area (Å²) in [7, 11) is 7.97.